The molecule has 2 rings (SSSR count). The highest BCUT2D eigenvalue weighted by molar-refractivity contribution is 7.99. The molecule has 0 spiro atoms. The summed E-state index contributed by atoms with van der Waals surface area (Å²) >= 11 is 1.14. The predicted molar refractivity (Wildman–Crippen MR) is 86.8 cm³/mol. The van der Waals surface area contributed by atoms with E-state index < -0.39 is 9.84 Å². The van der Waals surface area contributed by atoms with Crippen molar-refractivity contribution in [3.63, 3.8) is 0 Å². The Bertz CT molecular complexity index is 650. The van der Waals surface area contributed by atoms with Crippen LogP contribution in [-0.4, -0.2) is 62.8 Å². The minimum atomic E-state index is -3.07. The lowest BCUT2D eigenvalue weighted by molar-refractivity contribution is -0.645. The lowest BCUT2D eigenvalue weighted by atomic mass is 10.2. The van der Waals surface area contributed by atoms with E-state index in [1.807, 2.05) is 0 Å². The number of hydrogen-bond donors (Lipinski definition) is 0. The standard InChI is InChI=1S/C14H20N2O5S2/c1-21-8-7-15(12-5-9-23(19,20)11-12)13(17)10-22-14-4-2-3-6-16(14)18/h2-4,6,12H,5,7-11H2,1H3/t12-/m0/s1. The van der Waals surface area contributed by atoms with Gasteiger partial charge >= 0.3 is 0 Å². The molecule has 1 aliphatic heterocycles. The first-order valence-corrected chi connectivity index (χ1v) is 10.0. The van der Waals surface area contributed by atoms with Gasteiger partial charge < -0.3 is 14.8 Å². The Labute approximate surface area is 140 Å². The third-order valence-corrected chi connectivity index (χ3v) is 6.39. The van der Waals surface area contributed by atoms with Crippen LogP contribution in [0.1, 0.15) is 6.42 Å². The summed E-state index contributed by atoms with van der Waals surface area (Å²) in [6, 6.07) is 4.68. The van der Waals surface area contributed by atoms with Crippen LogP contribution in [0.4, 0.5) is 0 Å². The van der Waals surface area contributed by atoms with Crippen LogP contribution in [0.25, 0.3) is 0 Å². The van der Waals surface area contributed by atoms with Crippen molar-refractivity contribution in [2.45, 2.75) is 17.5 Å². The van der Waals surface area contributed by atoms with E-state index in [1.165, 1.54) is 13.3 Å². The number of amides is 1. The summed E-state index contributed by atoms with van der Waals surface area (Å²) in [4.78, 5) is 14.0. The second-order valence-electron chi connectivity index (χ2n) is 5.29. The van der Waals surface area contributed by atoms with Crippen molar-refractivity contribution in [1.29, 1.82) is 0 Å². The molecule has 1 atom stereocenters. The molecule has 0 aromatic carbocycles. The van der Waals surface area contributed by atoms with E-state index in [-0.39, 0.29) is 29.2 Å². The molecule has 23 heavy (non-hydrogen) atoms. The SMILES string of the molecule is COCCN(C(=O)CSc1cccc[n+]1[O-])[C@H]1CCS(=O)(=O)C1. The number of nitrogens with zero attached hydrogens (tertiary/aromatic N) is 2. The molecule has 128 valence electrons. The Balaban J connectivity index is 2.00. The first-order valence-electron chi connectivity index (χ1n) is 7.23. The molecule has 7 nitrogen and oxygen atoms in total. The molecular weight excluding hydrogens is 340 g/mol. The number of thioether (sulfide) groups is 1. The van der Waals surface area contributed by atoms with Gasteiger partial charge in [0, 0.05) is 31.8 Å². The van der Waals surface area contributed by atoms with Crippen molar-refractivity contribution in [1.82, 2.24) is 4.90 Å². The maximum Gasteiger partial charge on any atom is 0.251 e. The van der Waals surface area contributed by atoms with Crippen molar-refractivity contribution < 1.29 is 22.7 Å². The monoisotopic (exact) mass is 360 g/mol. The van der Waals surface area contributed by atoms with E-state index in [1.54, 1.807) is 23.1 Å². The number of pyridine rings is 1. The normalized spacial score (nSPS) is 19.6. The van der Waals surface area contributed by atoms with Gasteiger partial charge in [0.15, 0.2) is 16.0 Å². The van der Waals surface area contributed by atoms with Crippen molar-refractivity contribution in [2.75, 3.05) is 37.5 Å². The molecule has 9 heteroatoms. The van der Waals surface area contributed by atoms with Gasteiger partial charge in [-0.1, -0.05) is 0 Å². The molecule has 2 heterocycles. The highest BCUT2D eigenvalue weighted by atomic mass is 32.2. The average Bonchev–Trinajstić information content (AvgIpc) is 2.87. The van der Waals surface area contributed by atoms with Gasteiger partial charge in [0.1, 0.15) is 0 Å². The van der Waals surface area contributed by atoms with E-state index in [0.717, 1.165) is 11.8 Å². The first kappa shape index (κ1) is 18.0. The molecule has 1 amide bonds. The van der Waals surface area contributed by atoms with Gasteiger partial charge in [-0.3, -0.25) is 4.79 Å². The molecule has 1 fully saturated rings. The Morgan fingerprint density at radius 3 is 2.91 bits per heavy atom. The van der Waals surface area contributed by atoms with Gasteiger partial charge in [0.25, 0.3) is 5.03 Å². The number of carbonyl (C=O) groups excluding carboxylic acids is 1. The molecule has 1 aliphatic rings. The molecule has 0 N–H and O–H groups in total. The smallest absolute Gasteiger partial charge is 0.251 e. The van der Waals surface area contributed by atoms with Crippen molar-refractivity contribution in [3.8, 4) is 0 Å². The molecule has 0 bridgehead atoms. The number of hydrogen-bond acceptors (Lipinski definition) is 6. The molecule has 0 unspecified atom stereocenters. The topological polar surface area (TPSA) is 90.6 Å². The van der Waals surface area contributed by atoms with Crippen molar-refractivity contribution in [3.05, 3.63) is 29.6 Å². The largest absolute Gasteiger partial charge is 0.618 e. The second kappa shape index (κ2) is 7.98. The van der Waals surface area contributed by atoms with Crippen LogP contribution in [0.5, 0.6) is 0 Å². The van der Waals surface area contributed by atoms with Gasteiger partial charge in [-0.25, -0.2) is 8.42 Å². The van der Waals surface area contributed by atoms with E-state index in [0.29, 0.717) is 29.3 Å². The molecule has 0 radical (unpaired) electrons. The quantitative estimate of drug-likeness (QED) is 0.388. The highest BCUT2D eigenvalue weighted by Gasteiger charge is 2.34. The fourth-order valence-electron chi connectivity index (χ4n) is 2.46. The molecule has 1 saturated heterocycles. The summed E-state index contributed by atoms with van der Waals surface area (Å²) in [6.07, 6.45) is 1.83. The maximum atomic E-state index is 12.5. The van der Waals surface area contributed by atoms with Crippen LogP contribution in [-0.2, 0) is 19.4 Å². The Morgan fingerprint density at radius 1 is 1.52 bits per heavy atom. The summed E-state index contributed by atoms with van der Waals surface area (Å²) < 4.78 is 29.0. The minimum absolute atomic E-state index is 0.0000134. The highest BCUT2D eigenvalue weighted by Crippen LogP contribution is 2.20. The van der Waals surface area contributed by atoms with Crippen LogP contribution in [0.15, 0.2) is 29.4 Å². The lowest BCUT2D eigenvalue weighted by Crippen LogP contribution is -2.44. The van der Waals surface area contributed by atoms with E-state index in [2.05, 4.69) is 0 Å². The summed E-state index contributed by atoms with van der Waals surface area (Å²) in [5, 5.41) is 12.0. The van der Waals surface area contributed by atoms with Gasteiger partial charge in [-0.15, -0.1) is 0 Å². The Hall–Kier alpha value is -1.32. The lowest BCUT2D eigenvalue weighted by Gasteiger charge is -2.27. The van der Waals surface area contributed by atoms with E-state index in [4.69, 9.17) is 4.74 Å². The van der Waals surface area contributed by atoms with E-state index in [9.17, 15) is 18.4 Å². The molecule has 0 aliphatic carbocycles. The Kier molecular flexibility index (Phi) is 6.25. The minimum Gasteiger partial charge on any atom is -0.618 e. The molecular formula is C14H20N2O5S2. The first-order chi connectivity index (χ1) is 10.9. The molecule has 0 saturated carbocycles. The zero-order valence-electron chi connectivity index (χ0n) is 12.9. The zero-order chi connectivity index (χ0) is 16.9. The van der Waals surface area contributed by atoms with Crippen LogP contribution >= 0.6 is 11.8 Å². The third kappa shape index (κ3) is 5.08. The number of aromatic nitrogens is 1. The van der Waals surface area contributed by atoms with Crippen LogP contribution < -0.4 is 4.73 Å². The third-order valence-electron chi connectivity index (χ3n) is 3.64. The number of carbonyl (C=O) groups is 1. The van der Waals surface area contributed by atoms with Gasteiger partial charge in [0.05, 0.1) is 23.9 Å². The van der Waals surface area contributed by atoms with E-state index >= 15 is 0 Å². The predicted octanol–water partition coefficient (Wildman–Crippen LogP) is 0.0742. The summed E-state index contributed by atoms with van der Waals surface area (Å²) in [7, 11) is -1.53. The van der Waals surface area contributed by atoms with Gasteiger partial charge in [-0.2, -0.15) is 4.73 Å². The summed E-state index contributed by atoms with van der Waals surface area (Å²) in [6.45, 7) is 0.697. The summed E-state index contributed by atoms with van der Waals surface area (Å²) in [5.74, 6) is 0.0193. The van der Waals surface area contributed by atoms with Crippen molar-refractivity contribution >= 4 is 27.5 Å². The maximum absolute atomic E-state index is 12.5. The summed E-state index contributed by atoms with van der Waals surface area (Å²) in [5.41, 5.74) is 0. The van der Waals surface area contributed by atoms with Crippen LogP contribution in [0, 0.1) is 5.21 Å². The average molecular weight is 360 g/mol. The number of rotatable bonds is 7. The Morgan fingerprint density at radius 2 is 2.30 bits per heavy atom. The number of methoxy groups -OCH3 is 1. The second-order valence-corrected chi connectivity index (χ2v) is 8.51. The fourth-order valence-corrected chi connectivity index (χ4v) is 5.00. The van der Waals surface area contributed by atoms with Crippen molar-refractivity contribution in [2.24, 2.45) is 0 Å². The molecule has 1 aromatic heterocycles. The number of ether oxygens (including phenoxy) is 1. The number of sulfone groups is 1. The van der Waals surface area contributed by atoms with Crippen LogP contribution in [0.2, 0.25) is 0 Å². The fraction of sp³-hybridized carbons (Fsp3) is 0.571. The molecule has 1 aromatic rings. The zero-order valence-corrected chi connectivity index (χ0v) is 14.5. The van der Waals surface area contributed by atoms with Crippen LogP contribution in [0.3, 0.4) is 0 Å². The van der Waals surface area contributed by atoms with Gasteiger partial charge in [-0.05, 0) is 24.2 Å². The van der Waals surface area contributed by atoms with Gasteiger partial charge in [0.2, 0.25) is 5.91 Å².